The number of aromatic nitrogens is 1. The molecule has 0 saturated heterocycles. The molecule has 0 aromatic carbocycles. The second-order valence-electron chi connectivity index (χ2n) is 3.08. The van der Waals surface area contributed by atoms with E-state index in [-0.39, 0.29) is 12.4 Å². The van der Waals surface area contributed by atoms with Crippen LogP contribution in [0.5, 0.6) is 5.75 Å². The van der Waals surface area contributed by atoms with Gasteiger partial charge in [-0.2, -0.15) is 0 Å². The van der Waals surface area contributed by atoms with Gasteiger partial charge in [0.25, 0.3) is 5.56 Å². The van der Waals surface area contributed by atoms with Gasteiger partial charge in [-0.1, -0.05) is 0 Å². The molecule has 1 aromatic heterocycles. The number of primary sulfonamides is 1. The first-order chi connectivity index (χ1) is 7.41. The standard InChI is InChI=1S/C9H14N2O4S/c1-3-11-6-5-7(15-4-2)8(9(11)12)16(10,13)14/h5-6H,3-4H2,1-2H3,(H2,10,13,14). The maximum Gasteiger partial charge on any atom is 0.274 e. The van der Waals surface area contributed by atoms with Gasteiger partial charge >= 0.3 is 0 Å². The van der Waals surface area contributed by atoms with E-state index in [4.69, 9.17) is 9.88 Å². The Morgan fingerprint density at radius 3 is 2.50 bits per heavy atom. The summed E-state index contributed by atoms with van der Waals surface area (Å²) in [5, 5.41) is 4.99. The molecule has 1 heterocycles. The maximum absolute atomic E-state index is 11.8. The van der Waals surface area contributed by atoms with Crippen LogP contribution in [-0.4, -0.2) is 19.6 Å². The van der Waals surface area contributed by atoms with Gasteiger partial charge in [-0.25, -0.2) is 13.6 Å². The molecule has 6 nitrogen and oxygen atoms in total. The van der Waals surface area contributed by atoms with Crippen LogP contribution in [0, 0.1) is 0 Å². The number of sulfonamides is 1. The average molecular weight is 246 g/mol. The third-order valence-electron chi connectivity index (χ3n) is 2.01. The molecule has 0 bridgehead atoms. The van der Waals surface area contributed by atoms with Crippen molar-refractivity contribution in [2.45, 2.75) is 25.3 Å². The molecule has 0 fully saturated rings. The first kappa shape index (κ1) is 12.7. The van der Waals surface area contributed by atoms with Crippen molar-refractivity contribution >= 4 is 10.0 Å². The highest BCUT2D eigenvalue weighted by molar-refractivity contribution is 7.89. The Kier molecular flexibility index (Phi) is 3.71. The molecule has 0 spiro atoms. The fraction of sp³-hybridized carbons (Fsp3) is 0.444. The molecule has 1 aromatic rings. The molecular formula is C9H14N2O4S. The summed E-state index contributed by atoms with van der Waals surface area (Å²) in [6, 6.07) is 1.42. The van der Waals surface area contributed by atoms with Crippen LogP contribution in [0.25, 0.3) is 0 Å². The molecule has 16 heavy (non-hydrogen) atoms. The lowest BCUT2D eigenvalue weighted by molar-refractivity contribution is 0.328. The lowest BCUT2D eigenvalue weighted by atomic mass is 10.4. The van der Waals surface area contributed by atoms with E-state index >= 15 is 0 Å². The molecule has 0 unspecified atom stereocenters. The van der Waals surface area contributed by atoms with Crippen LogP contribution in [0.3, 0.4) is 0 Å². The van der Waals surface area contributed by atoms with Gasteiger partial charge in [0.1, 0.15) is 5.75 Å². The predicted octanol–water partition coefficient (Wildman–Crippen LogP) is -0.0857. The van der Waals surface area contributed by atoms with Crippen LogP contribution in [0.2, 0.25) is 0 Å². The van der Waals surface area contributed by atoms with E-state index in [1.807, 2.05) is 0 Å². The largest absolute Gasteiger partial charge is 0.492 e. The van der Waals surface area contributed by atoms with Gasteiger partial charge in [0.2, 0.25) is 10.0 Å². The van der Waals surface area contributed by atoms with Crippen LogP contribution in [0.1, 0.15) is 13.8 Å². The maximum atomic E-state index is 11.8. The molecule has 90 valence electrons. The van der Waals surface area contributed by atoms with E-state index in [0.29, 0.717) is 6.54 Å². The number of hydrogen-bond acceptors (Lipinski definition) is 4. The zero-order valence-corrected chi connectivity index (χ0v) is 9.95. The van der Waals surface area contributed by atoms with Crippen molar-refractivity contribution in [1.29, 1.82) is 0 Å². The second-order valence-corrected chi connectivity index (χ2v) is 4.58. The summed E-state index contributed by atoms with van der Waals surface area (Å²) >= 11 is 0. The van der Waals surface area contributed by atoms with Gasteiger partial charge < -0.3 is 9.30 Å². The lowest BCUT2D eigenvalue weighted by Crippen LogP contribution is -2.29. The quantitative estimate of drug-likeness (QED) is 0.804. The Hall–Kier alpha value is -1.34. The fourth-order valence-corrected chi connectivity index (χ4v) is 2.08. The molecule has 0 aliphatic rings. The van der Waals surface area contributed by atoms with Crippen molar-refractivity contribution < 1.29 is 13.2 Å². The van der Waals surface area contributed by atoms with Crippen LogP contribution >= 0.6 is 0 Å². The Labute approximate surface area is 93.7 Å². The minimum atomic E-state index is -4.08. The van der Waals surface area contributed by atoms with Gasteiger partial charge in [-0.15, -0.1) is 0 Å². The third-order valence-corrected chi connectivity index (χ3v) is 2.95. The Bertz CT molecular complexity index is 533. The molecule has 0 radical (unpaired) electrons. The Balaban J connectivity index is 3.56. The van der Waals surface area contributed by atoms with Gasteiger partial charge in [0, 0.05) is 12.7 Å². The zero-order valence-electron chi connectivity index (χ0n) is 9.13. The SMILES string of the molecule is CCOc1ccn(CC)c(=O)c1S(N)(=O)=O. The summed E-state index contributed by atoms with van der Waals surface area (Å²) in [5.41, 5.74) is -0.657. The van der Waals surface area contributed by atoms with E-state index < -0.39 is 20.5 Å². The lowest BCUT2D eigenvalue weighted by Gasteiger charge is -2.10. The summed E-state index contributed by atoms with van der Waals surface area (Å²) < 4.78 is 28.9. The Morgan fingerprint density at radius 1 is 1.44 bits per heavy atom. The number of aryl methyl sites for hydroxylation is 1. The molecule has 0 saturated carbocycles. The van der Waals surface area contributed by atoms with Crippen molar-refractivity contribution in [3.05, 3.63) is 22.6 Å². The second kappa shape index (κ2) is 4.67. The number of nitrogens with two attached hydrogens (primary N) is 1. The summed E-state index contributed by atoms with van der Waals surface area (Å²) in [4.78, 5) is 11.3. The van der Waals surface area contributed by atoms with Crippen LogP contribution in [0.4, 0.5) is 0 Å². The van der Waals surface area contributed by atoms with E-state index in [0.717, 1.165) is 0 Å². The number of ether oxygens (including phenoxy) is 1. The number of hydrogen-bond donors (Lipinski definition) is 1. The van der Waals surface area contributed by atoms with Crippen molar-refractivity contribution in [1.82, 2.24) is 4.57 Å². The predicted molar refractivity (Wildman–Crippen MR) is 58.9 cm³/mol. The molecule has 7 heteroatoms. The first-order valence-corrected chi connectivity index (χ1v) is 6.35. The van der Waals surface area contributed by atoms with Crippen molar-refractivity contribution in [2.24, 2.45) is 5.14 Å². The molecule has 0 atom stereocenters. The molecule has 1 rings (SSSR count). The average Bonchev–Trinajstić information content (AvgIpc) is 2.16. The molecule has 2 N–H and O–H groups in total. The number of rotatable bonds is 4. The van der Waals surface area contributed by atoms with E-state index in [1.54, 1.807) is 13.8 Å². The smallest absolute Gasteiger partial charge is 0.274 e. The van der Waals surface area contributed by atoms with Crippen LogP contribution < -0.4 is 15.4 Å². The summed E-state index contributed by atoms with van der Waals surface area (Å²) in [6.07, 6.45) is 1.47. The fourth-order valence-electron chi connectivity index (χ4n) is 1.32. The summed E-state index contributed by atoms with van der Waals surface area (Å²) in [6.45, 7) is 4.05. The highest BCUT2D eigenvalue weighted by Gasteiger charge is 2.21. The first-order valence-electron chi connectivity index (χ1n) is 4.80. The Morgan fingerprint density at radius 2 is 2.06 bits per heavy atom. The monoisotopic (exact) mass is 246 g/mol. The van der Waals surface area contributed by atoms with E-state index in [9.17, 15) is 13.2 Å². The summed E-state index contributed by atoms with van der Waals surface area (Å²) in [7, 11) is -4.08. The van der Waals surface area contributed by atoms with Gasteiger partial charge in [-0.05, 0) is 19.9 Å². The summed E-state index contributed by atoms with van der Waals surface area (Å²) in [5.74, 6) is -0.000278. The minimum Gasteiger partial charge on any atom is -0.492 e. The molecule has 0 aliphatic carbocycles. The topological polar surface area (TPSA) is 91.4 Å². The number of pyridine rings is 1. The van der Waals surface area contributed by atoms with Crippen molar-refractivity contribution in [3.63, 3.8) is 0 Å². The minimum absolute atomic E-state index is 0.000278. The molecule has 0 amide bonds. The van der Waals surface area contributed by atoms with Crippen molar-refractivity contribution in [3.8, 4) is 5.75 Å². The normalized spacial score (nSPS) is 11.4. The van der Waals surface area contributed by atoms with Crippen LogP contribution in [-0.2, 0) is 16.6 Å². The highest BCUT2D eigenvalue weighted by Crippen LogP contribution is 2.17. The zero-order chi connectivity index (χ0) is 12.3. The molecular weight excluding hydrogens is 232 g/mol. The van der Waals surface area contributed by atoms with E-state index in [1.165, 1.54) is 16.8 Å². The number of nitrogens with zero attached hydrogens (tertiary/aromatic N) is 1. The van der Waals surface area contributed by atoms with Crippen LogP contribution in [0.15, 0.2) is 22.0 Å². The molecule has 0 aliphatic heterocycles. The van der Waals surface area contributed by atoms with Gasteiger partial charge in [-0.3, -0.25) is 4.79 Å². The highest BCUT2D eigenvalue weighted by atomic mass is 32.2. The van der Waals surface area contributed by atoms with Crippen molar-refractivity contribution in [2.75, 3.05) is 6.61 Å². The van der Waals surface area contributed by atoms with Gasteiger partial charge in [0.15, 0.2) is 4.90 Å². The van der Waals surface area contributed by atoms with Gasteiger partial charge in [0.05, 0.1) is 6.61 Å². The van der Waals surface area contributed by atoms with E-state index in [2.05, 4.69) is 0 Å². The third kappa shape index (κ3) is 2.42.